The third-order valence-corrected chi connectivity index (χ3v) is 5.01. The number of aliphatic hydroxyl groups is 1. The molecule has 1 aliphatic carbocycles. The Morgan fingerprint density at radius 2 is 1.87 bits per heavy atom. The number of aliphatic imine (C=N–C) groups is 1. The zero-order valence-electron chi connectivity index (χ0n) is 15.0. The number of hydrogen-bond donors (Lipinski definition) is 3. The maximum absolute atomic E-state index is 10.4. The molecule has 1 saturated carbocycles. The molecule has 3 N–H and O–H groups in total. The van der Waals surface area contributed by atoms with Gasteiger partial charge < -0.3 is 20.6 Å². The fourth-order valence-corrected chi connectivity index (χ4v) is 3.49. The Morgan fingerprint density at radius 1 is 1.26 bits per heavy atom. The summed E-state index contributed by atoms with van der Waals surface area (Å²) in [6.07, 6.45) is 6.36. The Kier molecular flexibility index (Phi) is 9.15. The average Bonchev–Trinajstić information content (AvgIpc) is 2.93. The van der Waals surface area contributed by atoms with Crippen LogP contribution in [0.1, 0.15) is 59.3 Å². The smallest absolute Gasteiger partial charge is 0.191 e. The highest BCUT2D eigenvalue weighted by Gasteiger charge is 2.31. The topological polar surface area (TPSA) is 59.9 Å². The van der Waals surface area contributed by atoms with Gasteiger partial charge in [0, 0.05) is 31.7 Å². The largest absolute Gasteiger partial charge is 0.388 e. The maximum Gasteiger partial charge on any atom is 0.191 e. The monoisotopic (exact) mass is 438 g/mol. The van der Waals surface area contributed by atoms with Crippen LogP contribution in [0.25, 0.3) is 0 Å². The zero-order chi connectivity index (χ0) is 16.0. The summed E-state index contributed by atoms with van der Waals surface area (Å²) in [7, 11) is 0. The number of hydrogen-bond acceptors (Lipinski definition) is 3. The fraction of sp³-hybridized carbons (Fsp3) is 0.941. The van der Waals surface area contributed by atoms with Gasteiger partial charge in [0.05, 0.1) is 12.1 Å². The lowest BCUT2D eigenvalue weighted by Gasteiger charge is -2.35. The van der Waals surface area contributed by atoms with Crippen molar-refractivity contribution in [3.8, 4) is 0 Å². The molecule has 0 amide bonds. The number of rotatable bonds is 5. The first-order chi connectivity index (χ1) is 10.5. The van der Waals surface area contributed by atoms with Crippen molar-refractivity contribution in [2.45, 2.75) is 77.0 Å². The van der Waals surface area contributed by atoms with Gasteiger partial charge in [-0.15, -0.1) is 24.0 Å². The van der Waals surface area contributed by atoms with E-state index in [9.17, 15) is 5.11 Å². The standard InChI is InChI=1S/C17H34N4O.HI/c1-4-18-16(19-13-17(22)9-5-6-10-17)20-15-7-11-21(12-8-15)14(2)3;/h14-15,22H,4-13H2,1-3H3,(H2,18,19,20);1H. The Balaban J connectivity index is 0.00000264. The van der Waals surface area contributed by atoms with Crippen LogP contribution in [0.4, 0.5) is 0 Å². The number of halogens is 1. The molecule has 0 radical (unpaired) electrons. The SMILES string of the molecule is CCNC(=NCC1(O)CCCC1)NC1CCN(C(C)C)CC1.I. The van der Waals surface area contributed by atoms with E-state index in [4.69, 9.17) is 0 Å². The molecular formula is C17H35IN4O. The minimum atomic E-state index is -0.566. The van der Waals surface area contributed by atoms with Crippen molar-refractivity contribution in [3.05, 3.63) is 0 Å². The predicted octanol–water partition coefficient (Wildman–Crippen LogP) is 2.34. The van der Waals surface area contributed by atoms with Gasteiger partial charge in [0.1, 0.15) is 0 Å². The van der Waals surface area contributed by atoms with Crippen molar-refractivity contribution >= 4 is 29.9 Å². The van der Waals surface area contributed by atoms with Crippen LogP contribution in [-0.4, -0.2) is 59.8 Å². The van der Waals surface area contributed by atoms with Gasteiger partial charge in [0.25, 0.3) is 0 Å². The van der Waals surface area contributed by atoms with Crippen LogP contribution in [-0.2, 0) is 0 Å². The predicted molar refractivity (Wildman–Crippen MR) is 108 cm³/mol. The van der Waals surface area contributed by atoms with Gasteiger partial charge in [-0.05, 0) is 46.5 Å². The van der Waals surface area contributed by atoms with Gasteiger partial charge in [-0.2, -0.15) is 0 Å². The summed E-state index contributed by atoms with van der Waals surface area (Å²) in [4.78, 5) is 7.18. The molecule has 2 rings (SSSR count). The van der Waals surface area contributed by atoms with Crippen molar-refractivity contribution in [1.29, 1.82) is 0 Å². The highest BCUT2D eigenvalue weighted by atomic mass is 127. The maximum atomic E-state index is 10.4. The summed E-state index contributed by atoms with van der Waals surface area (Å²) in [5, 5.41) is 17.3. The lowest BCUT2D eigenvalue weighted by Crippen LogP contribution is -2.50. The average molecular weight is 438 g/mol. The lowest BCUT2D eigenvalue weighted by molar-refractivity contribution is 0.0573. The summed E-state index contributed by atoms with van der Waals surface area (Å²) in [5.74, 6) is 0.867. The molecule has 6 heteroatoms. The van der Waals surface area contributed by atoms with Crippen molar-refractivity contribution in [2.24, 2.45) is 4.99 Å². The minimum absolute atomic E-state index is 0. The zero-order valence-corrected chi connectivity index (χ0v) is 17.3. The molecule has 2 fully saturated rings. The fourth-order valence-electron chi connectivity index (χ4n) is 3.49. The van der Waals surface area contributed by atoms with Crippen molar-refractivity contribution in [2.75, 3.05) is 26.2 Å². The molecule has 5 nitrogen and oxygen atoms in total. The third-order valence-electron chi connectivity index (χ3n) is 5.01. The number of nitrogens with zero attached hydrogens (tertiary/aromatic N) is 2. The van der Waals surface area contributed by atoms with Crippen LogP contribution in [0.3, 0.4) is 0 Å². The first-order valence-corrected chi connectivity index (χ1v) is 9.04. The first-order valence-electron chi connectivity index (χ1n) is 9.04. The van der Waals surface area contributed by atoms with E-state index in [0.717, 1.165) is 64.1 Å². The lowest BCUT2D eigenvalue weighted by atomic mass is 10.0. The Hall–Kier alpha value is -0.0800. The number of piperidine rings is 1. The second kappa shape index (κ2) is 10.0. The van der Waals surface area contributed by atoms with E-state index in [1.54, 1.807) is 0 Å². The van der Waals surface area contributed by atoms with Gasteiger partial charge in [-0.1, -0.05) is 12.8 Å². The van der Waals surface area contributed by atoms with E-state index < -0.39 is 5.60 Å². The molecule has 0 aromatic heterocycles. The van der Waals surface area contributed by atoms with Crippen molar-refractivity contribution in [3.63, 3.8) is 0 Å². The Morgan fingerprint density at radius 3 is 2.39 bits per heavy atom. The van der Waals surface area contributed by atoms with Crippen LogP contribution in [0.2, 0.25) is 0 Å². The second-order valence-electron chi connectivity index (χ2n) is 7.17. The quantitative estimate of drug-likeness (QED) is 0.351. The van der Waals surface area contributed by atoms with Crippen LogP contribution in [0.5, 0.6) is 0 Å². The molecule has 0 unspecified atom stereocenters. The summed E-state index contributed by atoms with van der Waals surface area (Å²) < 4.78 is 0. The Labute approximate surface area is 158 Å². The molecule has 1 aliphatic heterocycles. The van der Waals surface area contributed by atoms with Crippen LogP contribution >= 0.6 is 24.0 Å². The van der Waals surface area contributed by atoms with Gasteiger partial charge in [-0.3, -0.25) is 4.99 Å². The molecule has 2 aliphatic rings. The van der Waals surface area contributed by atoms with Crippen LogP contribution in [0, 0.1) is 0 Å². The molecule has 0 bridgehead atoms. The Bertz CT molecular complexity index is 362. The highest BCUT2D eigenvalue weighted by Crippen LogP contribution is 2.29. The molecule has 0 atom stereocenters. The number of likely N-dealkylation sites (tertiary alicyclic amines) is 1. The van der Waals surface area contributed by atoms with E-state index in [1.165, 1.54) is 0 Å². The molecule has 1 heterocycles. The van der Waals surface area contributed by atoms with Gasteiger partial charge in [-0.25, -0.2) is 0 Å². The molecular weight excluding hydrogens is 403 g/mol. The van der Waals surface area contributed by atoms with E-state index in [1.807, 2.05) is 0 Å². The van der Waals surface area contributed by atoms with Crippen LogP contribution in [0.15, 0.2) is 4.99 Å². The van der Waals surface area contributed by atoms with Gasteiger partial charge >= 0.3 is 0 Å². The normalized spacial score (nSPS) is 22.9. The summed E-state index contributed by atoms with van der Waals surface area (Å²) in [6.45, 7) is 10.3. The summed E-state index contributed by atoms with van der Waals surface area (Å²) in [5.41, 5.74) is -0.566. The van der Waals surface area contributed by atoms with E-state index >= 15 is 0 Å². The van der Waals surface area contributed by atoms with Crippen molar-refractivity contribution in [1.82, 2.24) is 15.5 Å². The second-order valence-corrected chi connectivity index (χ2v) is 7.17. The van der Waals surface area contributed by atoms with Gasteiger partial charge in [0.15, 0.2) is 5.96 Å². The molecule has 136 valence electrons. The van der Waals surface area contributed by atoms with E-state index in [2.05, 4.69) is 41.3 Å². The third kappa shape index (κ3) is 6.74. The summed E-state index contributed by atoms with van der Waals surface area (Å²) in [6, 6.07) is 1.13. The molecule has 0 aromatic carbocycles. The molecule has 1 saturated heterocycles. The number of nitrogens with one attached hydrogen (secondary N) is 2. The molecule has 0 spiro atoms. The van der Waals surface area contributed by atoms with E-state index in [0.29, 0.717) is 18.6 Å². The molecule has 23 heavy (non-hydrogen) atoms. The first kappa shape index (κ1) is 21.0. The van der Waals surface area contributed by atoms with Gasteiger partial charge in [0.2, 0.25) is 0 Å². The number of guanidine groups is 1. The van der Waals surface area contributed by atoms with Crippen LogP contribution < -0.4 is 10.6 Å². The highest BCUT2D eigenvalue weighted by molar-refractivity contribution is 14.0. The minimum Gasteiger partial charge on any atom is -0.388 e. The van der Waals surface area contributed by atoms with E-state index in [-0.39, 0.29) is 24.0 Å². The summed E-state index contributed by atoms with van der Waals surface area (Å²) >= 11 is 0. The van der Waals surface area contributed by atoms with Crippen molar-refractivity contribution < 1.29 is 5.11 Å². The molecule has 0 aromatic rings.